The number of benzene rings is 1. The Kier molecular flexibility index (Phi) is 7.39. The van der Waals surface area contributed by atoms with Crippen LogP contribution in [0.25, 0.3) is 0 Å². The topological polar surface area (TPSA) is 101 Å². The Labute approximate surface area is 169 Å². The number of hydrogen-bond acceptors (Lipinski definition) is 7. The highest BCUT2D eigenvalue weighted by molar-refractivity contribution is 6.32. The average molecular weight is 408 g/mol. The van der Waals surface area contributed by atoms with Crippen LogP contribution in [0.4, 0.5) is 5.82 Å². The smallest absolute Gasteiger partial charge is 0.363 e. The second-order valence-electron chi connectivity index (χ2n) is 7.07. The maximum absolute atomic E-state index is 11.5. The van der Waals surface area contributed by atoms with Crippen LogP contribution in [0.1, 0.15) is 52.3 Å². The van der Waals surface area contributed by atoms with E-state index in [1.54, 1.807) is 18.3 Å². The second kappa shape index (κ2) is 9.54. The molecule has 0 aliphatic rings. The van der Waals surface area contributed by atoms with Gasteiger partial charge in [-0.2, -0.15) is 15.2 Å². The Hall–Kier alpha value is -2.61. The standard InChI is InChI=1S/C19H26ClN5O3/c1-6-8-28-15-13(20)9-12(10-14(15)27-7-2)11-21-24-17-16(19(3,4)5)23-25-18(26)22-17/h9-11H,6-8H2,1-5H3,(H2,22,24,25,26)/b21-11+. The summed E-state index contributed by atoms with van der Waals surface area (Å²) in [5.41, 5.74) is 3.22. The van der Waals surface area contributed by atoms with E-state index in [0.29, 0.717) is 46.8 Å². The van der Waals surface area contributed by atoms with Gasteiger partial charge in [-0.05, 0) is 31.0 Å². The van der Waals surface area contributed by atoms with E-state index in [0.717, 1.165) is 6.42 Å². The number of aromatic amines is 1. The van der Waals surface area contributed by atoms with Gasteiger partial charge in [-0.25, -0.2) is 9.89 Å². The van der Waals surface area contributed by atoms with E-state index < -0.39 is 5.69 Å². The van der Waals surface area contributed by atoms with E-state index in [4.69, 9.17) is 21.1 Å². The normalized spacial score (nSPS) is 11.6. The summed E-state index contributed by atoms with van der Waals surface area (Å²) in [6, 6.07) is 3.52. The van der Waals surface area contributed by atoms with Crippen LogP contribution >= 0.6 is 11.6 Å². The summed E-state index contributed by atoms with van der Waals surface area (Å²) in [7, 11) is 0. The van der Waals surface area contributed by atoms with Gasteiger partial charge in [-0.3, -0.25) is 5.43 Å². The van der Waals surface area contributed by atoms with Crippen molar-refractivity contribution in [3.05, 3.63) is 38.9 Å². The first-order valence-corrected chi connectivity index (χ1v) is 9.49. The van der Waals surface area contributed by atoms with Crippen LogP contribution in [0.5, 0.6) is 11.5 Å². The van der Waals surface area contributed by atoms with Crippen LogP contribution in [0.2, 0.25) is 5.02 Å². The van der Waals surface area contributed by atoms with Crippen molar-refractivity contribution in [3.8, 4) is 11.5 Å². The van der Waals surface area contributed by atoms with Crippen molar-refractivity contribution in [2.24, 2.45) is 5.10 Å². The highest BCUT2D eigenvalue weighted by atomic mass is 35.5. The van der Waals surface area contributed by atoms with Crippen molar-refractivity contribution in [2.75, 3.05) is 18.6 Å². The monoisotopic (exact) mass is 407 g/mol. The Bertz CT molecular complexity index is 890. The average Bonchev–Trinajstić information content (AvgIpc) is 2.60. The molecule has 2 N–H and O–H groups in total. The van der Waals surface area contributed by atoms with E-state index in [1.807, 2.05) is 34.6 Å². The number of hydrazone groups is 1. The summed E-state index contributed by atoms with van der Waals surface area (Å²) >= 11 is 6.35. The number of hydrogen-bond donors (Lipinski definition) is 2. The molecule has 2 rings (SSSR count). The van der Waals surface area contributed by atoms with Crippen molar-refractivity contribution in [1.82, 2.24) is 15.2 Å². The summed E-state index contributed by atoms with van der Waals surface area (Å²) in [6.07, 6.45) is 2.43. The van der Waals surface area contributed by atoms with E-state index in [1.165, 1.54) is 0 Å². The largest absolute Gasteiger partial charge is 0.490 e. The van der Waals surface area contributed by atoms with Crippen LogP contribution in [-0.4, -0.2) is 34.6 Å². The number of H-pyrrole nitrogens is 1. The molecule has 0 unspecified atom stereocenters. The molecule has 152 valence electrons. The molecule has 9 heteroatoms. The first-order valence-electron chi connectivity index (χ1n) is 9.11. The van der Waals surface area contributed by atoms with Crippen LogP contribution in [-0.2, 0) is 5.41 Å². The number of nitrogens with one attached hydrogen (secondary N) is 2. The zero-order valence-corrected chi connectivity index (χ0v) is 17.6. The molecular formula is C19H26ClN5O3. The zero-order chi connectivity index (χ0) is 20.7. The summed E-state index contributed by atoms with van der Waals surface area (Å²) in [4.78, 5) is 15.4. The molecule has 2 aromatic rings. The van der Waals surface area contributed by atoms with E-state index in [-0.39, 0.29) is 5.41 Å². The van der Waals surface area contributed by atoms with Crippen LogP contribution < -0.4 is 20.6 Å². The molecule has 1 aromatic heterocycles. The highest BCUT2D eigenvalue weighted by Gasteiger charge is 2.21. The third-order valence-electron chi connectivity index (χ3n) is 3.58. The summed E-state index contributed by atoms with van der Waals surface area (Å²) in [6.45, 7) is 10.8. The predicted octanol–water partition coefficient (Wildman–Crippen LogP) is 3.75. The molecule has 0 spiro atoms. The SMILES string of the molecule is CCCOc1c(Cl)cc(/C=N/Nc2nc(=O)[nH]nc2C(C)(C)C)cc1OCC. The molecule has 0 amide bonds. The van der Waals surface area contributed by atoms with Crippen molar-refractivity contribution in [3.63, 3.8) is 0 Å². The Balaban J connectivity index is 2.28. The van der Waals surface area contributed by atoms with E-state index in [9.17, 15) is 4.79 Å². The molecule has 1 heterocycles. The number of rotatable bonds is 8. The molecule has 1 aromatic carbocycles. The van der Waals surface area contributed by atoms with Gasteiger partial charge in [0.2, 0.25) is 0 Å². The molecule has 0 radical (unpaired) electrons. The van der Waals surface area contributed by atoms with Gasteiger partial charge in [-0.15, -0.1) is 0 Å². The lowest BCUT2D eigenvalue weighted by Crippen LogP contribution is -2.24. The molecule has 0 saturated heterocycles. The number of anilines is 1. The van der Waals surface area contributed by atoms with Gasteiger partial charge in [0.1, 0.15) is 5.69 Å². The lowest BCUT2D eigenvalue weighted by atomic mass is 9.92. The number of halogens is 1. The van der Waals surface area contributed by atoms with Crippen molar-refractivity contribution < 1.29 is 9.47 Å². The van der Waals surface area contributed by atoms with Crippen molar-refractivity contribution >= 4 is 23.6 Å². The van der Waals surface area contributed by atoms with Gasteiger partial charge in [0, 0.05) is 5.41 Å². The second-order valence-corrected chi connectivity index (χ2v) is 7.48. The number of aromatic nitrogens is 3. The Morgan fingerprint density at radius 2 is 2.04 bits per heavy atom. The minimum Gasteiger partial charge on any atom is -0.490 e. The first-order chi connectivity index (χ1) is 13.3. The predicted molar refractivity (Wildman–Crippen MR) is 111 cm³/mol. The number of ether oxygens (including phenoxy) is 2. The van der Waals surface area contributed by atoms with E-state index >= 15 is 0 Å². The third-order valence-corrected chi connectivity index (χ3v) is 3.86. The fourth-order valence-corrected chi connectivity index (χ4v) is 2.65. The summed E-state index contributed by atoms with van der Waals surface area (Å²) in [5.74, 6) is 1.37. The van der Waals surface area contributed by atoms with E-state index in [2.05, 4.69) is 25.7 Å². The molecule has 8 nitrogen and oxygen atoms in total. The number of nitrogens with zero attached hydrogens (tertiary/aromatic N) is 3. The molecule has 28 heavy (non-hydrogen) atoms. The molecular weight excluding hydrogens is 382 g/mol. The van der Waals surface area contributed by atoms with Crippen LogP contribution in [0.15, 0.2) is 22.0 Å². The fraction of sp³-hybridized carbons (Fsp3) is 0.474. The van der Waals surface area contributed by atoms with Crippen molar-refractivity contribution in [2.45, 2.75) is 46.5 Å². The lowest BCUT2D eigenvalue weighted by molar-refractivity contribution is 0.277. The summed E-state index contributed by atoms with van der Waals surface area (Å²) < 4.78 is 11.3. The van der Waals surface area contributed by atoms with Crippen LogP contribution in [0.3, 0.4) is 0 Å². The molecule has 0 aliphatic carbocycles. The Morgan fingerprint density at radius 1 is 1.29 bits per heavy atom. The first kappa shape index (κ1) is 21.7. The quantitative estimate of drug-likeness (QED) is 0.510. The van der Waals surface area contributed by atoms with Crippen LogP contribution in [0, 0.1) is 0 Å². The molecule has 0 saturated carbocycles. The van der Waals surface area contributed by atoms with Gasteiger partial charge in [-0.1, -0.05) is 39.3 Å². The zero-order valence-electron chi connectivity index (χ0n) is 16.8. The minimum atomic E-state index is -0.551. The lowest BCUT2D eigenvalue weighted by Gasteiger charge is -2.18. The van der Waals surface area contributed by atoms with Gasteiger partial charge >= 0.3 is 5.69 Å². The maximum Gasteiger partial charge on any atom is 0.363 e. The summed E-state index contributed by atoms with van der Waals surface area (Å²) in [5, 5.41) is 11.0. The third kappa shape index (κ3) is 5.69. The Morgan fingerprint density at radius 3 is 2.68 bits per heavy atom. The van der Waals surface area contributed by atoms with Gasteiger partial charge in [0.05, 0.1) is 24.5 Å². The van der Waals surface area contributed by atoms with Gasteiger partial charge in [0.25, 0.3) is 0 Å². The maximum atomic E-state index is 11.5. The molecule has 0 bridgehead atoms. The van der Waals surface area contributed by atoms with Gasteiger partial charge in [0.15, 0.2) is 17.3 Å². The minimum absolute atomic E-state index is 0.298. The highest BCUT2D eigenvalue weighted by Crippen LogP contribution is 2.36. The fourth-order valence-electron chi connectivity index (χ4n) is 2.37. The van der Waals surface area contributed by atoms with Gasteiger partial charge < -0.3 is 9.47 Å². The molecule has 0 atom stereocenters. The van der Waals surface area contributed by atoms with Crippen molar-refractivity contribution in [1.29, 1.82) is 0 Å². The molecule has 0 aliphatic heterocycles. The molecule has 0 fully saturated rings.